The standard InChI is InChI=1S/C14H15N5O4S/c1-14(2)22-9-7(3-24-4-15)21-13(10(9)23-14)19-6-18-8-11(19)16-5-17-12(8)20/h5-7,9-10,13H,3H2,1-2H3,(H,16,17,20)/t7-,9+,10+,13-/m0/s1. The fourth-order valence-electron chi connectivity index (χ4n) is 3.19. The van der Waals surface area contributed by atoms with Gasteiger partial charge in [0.15, 0.2) is 23.2 Å². The highest BCUT2D eigenvalue weighted by Crippen LogP contribution is 2.44. The molecule has 0 unspecified atom stereocenters. The van der Waals surface area contributed by atoms with Crippen molar-refractivity contribution in [2.45, 2.75) is 44.2 Å². The molecule has 0 saturated carbocycles. The van der Waals surface area contributed by atoms with E-state index >= 15 is 0 Å². The second-order valence-corrected chi connectivity index (χ2v) is 6.89. The lowest BCUT2D eigenvalue weighted by Gasteiger charge is -2.24. The molecule has 10 heteroatoms. The van der Waals surface area contributed by atoms with Crippen LogP contribution in [0.15, 0.2) is 17.4 Å². The number of H-pyrrole nitrogens is 1. The van der Waals surface area contributed by atoms with Crippen molar-refractivity contribution in [2.24, 2.45) is 0 Å². The third-order valence-electron chi connectivity index (χ3n) is 4.08. The summed E-state index contributed by atoms with van der Waals surface area (Å²) < 4.78 is 19.7. The van der Waals surface area contributed by atoms with Crippen molar-refractivity contribution in [3.05, 3.63) is 23.0 Å². The molecular weight excluding hydrogens is 334 g/mol. The van der Waals surface area contributed by atoms with Gasteiger partial charge in [-0.2, -0.15) is 5.26 Å². The summed E-state index contributed by atoms with van der Waals surface area (Å²) in [4.78, 5) is 22.7. The molecule has 2 fully saturated rings. The number of thiocyanates is 1. The van der Waals surface area contributed by atoms with Crippen LogP contribution in [0.25, 0.3) is 11.2 Å². The molecule has 2 aliphatic heterocycles. The Kier molecular flexibility index (Phi) is 3.61. The Labute approximate surface area is 140 Å². The number of fused-ring (bicyclic) bond motifs is 2. The molecule has 0 aliphatic carbocycles. The first-order valence-corrected chi connectivity index (χ1v) is 8.41. The number of imidazole rings is 1. The highest BCUT2D eigenvalue weighted by atomic mass is 32.2. The molecule has 126 valence electrons. The Morgan fingerprint density at radius 3 is 3.00 bits per heavy atom. The van der Waals surface area contributed by atoms with E-state index < -0.39 is 12.0 Å². The van der Waals surface area contributed by atoms with Gasteiger partial charge >= 0.3 is 0 Å². The number of hydrogen-bond donors (Lipinski definition) is 1. The van der Waals surface area contributed by atoms with Gasteiger partial charge in [0, 0.05) is 5.75 Å². The van der Waals surface area contributed by atoms with E-state index in [1.54, 1.807) is 4.57 Å². The summed E-state index contributed by atoms with van der Waals surface area (Å²) in [7, 11) is 0. The van der Waals surface area contributed by atoms with Crippen LogP contribution in [-0.4, -0.2) is 49.4 Å². The molecule has 0 aromatic carbocycles. The summed E-state index contributed by atoms with van der Waals surface area (Å²) in [6.07, 6.45) is 1.34. The van der Waals surface area contributed by atoms with Crippen LogP contribution in [0.1, 0.15) is 20.1 Å². The quantitative estimate of drug-likeness (QED) is 0.807. The summed E-state index contributed by atoms with van der Waals surface area (Å²) in [5.41, 5.74) is 0.351. The molecule has 2 saturated heterocycles. The van der Waals surface area contributed by atoms with Gasteiger partial charge in [-0.15, -0.1) is 0 Å². The van der Waals surface area contributed by atoms with Crippen LogP contribution in [0.3, 0.4) is 0 Å². The van der Waals surface area contributed by atoms with E-state index in [-0.39, 0.29) is 29.4 Å². The Hall–Kier alpha value is -1.93. The number of aromatic nitrogens is 4. The molecule has 2 aromatic rings. The van der Waals surface area contributed by atoms with Gasteiger partial charge in [-0.1, -0.05) is 0 Å². The molecule has 0 spiro atoms. The van der Waals surface area contributed by atoms with Crippen LogP contribution < -0.4 is 5.56 Å². The van der Waals surface area contributed by atoms with Gasteiger partial charge in [0.2, 0.25) is 0 Å². The Balaban J connectivity index is 1.73. The maximum Gasteiger partial charge on any atom is 0.278 e. The monoisotopic (exact) mass is 349 g/mol. The molecule has 9 nitrogen and oxygen atoms in total. The number of nitrogens with one attached hydrogen (secondary N) is 1. The van der Waals surface area contributed by atoms with Crippen LogP contribution >= 0.6 is 11.8 Å². The number of ether oxygens (including phenoxy) is 3. The maximum atomic E-state index is 11.8. The third kappa shape index (κ3) is 2.41. The molecule has 4 rings (SSSR count). The van der Waals surface area contributed by atoms with Crippen molar-refractivity contribution in [1.29, 1.82) is 5.26 Å². The van der Waals surface area contributed by atoms with E-state index in [1.165, 1.54) is 12.7 Å². The lowest BCUT2D eigenvalue weighted by atomic mass is 10.1. The van der Waals surface area contributed by atoms with Crippen LogP contribution in [-0.2, 0) is 14.2 Å². The Bertz CT molecular complexity index is 872. The van der Waals surface area contributed by atoms with Gasteiger partial charge in [0.25, 0.3) is 5.56 Å². The van der Waals surface area contributed by atoms with Crippen LogP contribution in [0.4, 0.5) is 0 Å². The van der Waals surface area contributed by atoms with E-state index in [1.807, 2.05) is 19.2 Å². The third-order valence-corrected chi connectivity index (χ3v) is 4.70. The van der Waals surface area contributed by atoms with Crippen molar-refractivity contribution in [3.63, 3.8) is 0 Å². The first kappa shape index (κ1) is 15.6. The first-order valence-electron chi connectivity index (χ1n) is 7.42. The lowest BCUT2D eigenvalue weighted by molar-refractivity contribution is -0.193. The molecule has 0 amide bonds. The van der Waals surface area contributed by atoms with Crippen molar-refractivity contribution in [1.82, 2.24) is 19.5 Å². The van der Waals surface area contributed by atoms with Crippen molar-refractivity contribution < 1.29 is 14.2 Å². The molecule has 2 aliphatic rings. The summed E-state index contributed by atoms with van der Waals surface area (Å²) in [5.74, 6) is -0.275. The zero-order valence-electron chi connectivity index (χ0n) is 13.0. The average Bonchev–Trinajstić information content (AvgIpc) is 3.17. The van der Waals surface area contributed by atoms with Crippen LogP contribution in [0, 0.1) is 10.7 Å². The molecule has 0 radical (unpaired) electrons. The number of hydrogen-bond acceptors (Lipinski definition) is 8. The topological polar surface area (TPSA) is 115 Å². The number of nitrogens with zero attached hydrogens (tertiary/aromatic N) is 4. The fraction of sp³-hybridized carbons (Fsp3) is 0.571. The second-order valence-electron chi connectivity index (χ2n) is 6.09. The van der Waals surface area contributed by atoms with Crippen molar-refractivity contribution in [3.8, 4) is 5.40 Å². The van der Waals surface area contributed by atoms with E-state index in [0.29, 0.717) is 11.4 Å². The number of rotatable bonds is 3. The second kappa shape index (κ2) is 5.56. The summed E-state index contributed by atoms with van der Waals surface area (Å²) >= 11 is 1.11. The summed E-state index contributed by atoms with van der Waals surface area (Å²) in [6, 6.07) is 0. The summed E-state index contributed by atoms with van der Waals surface area (Å²) in [5, 5.41) is 10.9. The molecule has 4 heterocycles. The number of aromatic amines is 1. The van der Waals surface area contributed by atoms with Gasteiger partial charge in [-0.05, 0) is 25.6 Å². The number of thioether (sulfide) groups is 1. The fourth-order valence-corrected chi connectivity index (χ4v) is 3.69. The summed E-state index contributed by atoms with van der Waals surface area (Å²) in [6.45, 7) is 3.68. The van der Waals surface area contributed by atoms with Crippen molar-refractivity contribution in [2.75, 3.05) is 5.75 Å². The highest BCUT2D eigenvalue weighted by Gasteiger charge is 2.56. The lowest BCUT2D eigenvalue weighted by Crippen LogP contribution is -2.31. The van der Waals surface area contributed by atoms with E-state index in [0.717, 1.165) is 11.8 Å². The minimum Gasteiger partial charge on any atom is -0.348 e. The van der Waals surface area contributed by atoms with Gasteiger partial charge in [-0.3, -0.25) is 9.36 Å². The van der Waals surface area contributed by atoms with Gasteiger partial charge < -0.3 is 19.2 Å². The predicted molar refractivity (Wildman–Crippen MR) is 84.0 cm³/mol. The molecule has 24 heavy (non-hydrogen) atoms. The average molecular weight is 349 g/mol. The van der Waals surface area contributed by atoms with Crippen LogP contribution in [0.5, 0.6) is 0 Å². The van der Waals surface area contributed by atoms with E-state index in [9.17, 15) is 4.79 Å². The molecule has 0 bridgehead atoms. The largest absolute Gasteiger partial charge is 0.348 e. The Morgan fingerprint density at radius 1 is 1.42 bits per heavy atom. The zero-order chi connectivity index (χ0) is 16.9. The molecule has 4 atom stereocenters. The van der Waals surface area contributed by atoms with Gasteiger partial charge in [-0.25, -0.2) is 9.97 Å². The van der Waals surface area contributed by atoms with E-state index in [4.69, 9.17) is 19.5 Å². The zero-order valence-corrected chi connectivity index (χ0v) is 13.8. The first-order chi connectivity index (χ1) is 11.5. The Morgan fingerprint density at radius 2 is 2.21 bits per heavy atom. The molecule has 1 N–H and O–H groups in total. The van der Waals surface area contributed by atoms with E-state index in [2.05, 4.69) is 15.0 Å². The highest BCUT2D eigenvalue weighted by molar-refractivity contribution is 8.03. The molecule has 2 aromatic heterocycles. The number of nitriles is 1. The SMILES string of the molecule is CC1(C)O[C@@H]2[C@H](O1)[C@H](CSC#N)O[C@@H]2n1cnc2c(=O)[nH]cnc21. The van der Waals surface area contributed by atoms with Crippen LogP contribution in [0.2, 0.25) is 0 Å². The minimum atomic E-state index is -0.742. The predicted octanol–water partition coefficient (Wildman–Crippen LogP) is 0.751. The molecular formula is C14H15N5O4S. The minimum absolute atomic E-state index is 0.241. The maximum absolute atomic E-state index is 11.8. The normalized spacial score (nSPS) is 31.2. The van der Waals surface area contributed by atoms with Gasteiger partial charge in [0.1, 0.15) is 17.6 Å². The smallest absolute Gasteiger partial charge is 0.278 e. The van der Waals surface area contributed by atoms with Gasteiger partial charge in [0.05, 0.1) is 18.8 Å². The van der Waals surface area contributed by atoms with Crippen molar-refractivity contribution >= 4 is 22.9 Å².